The van der Waals surface area contributed by atoms with Gasteiger partial charge in [-0.15, -0.1) is 0 Å². The van der Waals surface area contributed by atoms with Crippen molar-refractivity contribution < 1.29 is 9.53 Å². The normalized spacial score (nSPS) is 20.1. The van der Waals surface area contributed by atoms with E-state index in [1.54, 1.807) is 12.1 Å². The molecule has 1 unspecified atom stereocenters. The molecule has 0 bridgehead atoms. The van der Waals surface area contributed by atoms with E-state index in [-0.39, 0.29) is 17.4 Å². The van der Waals surface area contributed by atoms with E-state index in [0.717, 1.165) is 5.56 Å². The van der Waals surface area contributed by atoms with Gasteiger partial charge in [0, 0.05) is 12.0 Å². The number of halogens is 2. The van der Waals surface area contributed by atoms with E-state index in [1.807, 2.05) is 31.7 Å². The smallest absolute Gasteiger partial charge is 0.228 e. The summed E-state index contributed by atoms with van der Waals surface area (Å²) in [7, 11) is 0. The lowest BCUT2D eigenvalue weighted by molar-refractivity contribution is -0.147. The molecule has 0 aliphatic carbocycles. The molecule has 0 N–H and O–H groups in total. The SMILES string of the molecule is CC(C)(C)C(=O)N1CCOC(c2ccc(Cl)c(Cl)c2)C1. The van der Waals surface area contributed by atoms with Gasteiger partial charge in [-0.2, -0.15) is 0 Å². The van der Waals surface area contributed by atoms with Gasteiger partial charge in [-0.1, -0.05) is 50.0 Å². The zero-order chi connectivity index (χ0) is 14.9. The fourth-order valence-electron chi connectivity index (χ4n) is 2.22. The number of amides is 1. The summed E-state index contributed by atoms with van der Waals surface area (Å²) in [6.45, 7) is 7.51. The first-order valence-corrected chi connectivity index (χ1v) is 7.40. The van der Waals surface area contributed by atoms with Gasteiger partial charge >= 0.3 is 0 Å². The van der Waals surface area contributed by atoms with E-state index in [9.17, 15) is 4.79 Å². The van der Waals surface area contributed by atoms with Gasteiger partial charge in [-0.3, -0.25) is 4.79 Å². The molecule has 0 radical (unpaired) electrons. The van der Waals surface area contributed by atoms with Crippen LogP contribution in [0.3, 0.4) is 0 Å². The number of nitrogens with zero attached hydrogens (tertiary/aromatic N) is 1. The predicted octanol–water partition coefficient (Wildman–Crippen LogP) is 3.94. The minimum atomic E-state index is -0.375. The number of ether oxygens (including phenoxy) is 1. The second-order valence-electron chi connectivity index (χ2n) is 6.03. The number of morpholine rings is 1. The highest BCUT2D eigenvalue weighted by atomic mass is 35.5. The van der Waals surface area contributed by atoms with Crippen molar-refractivity contribution in [2.24, 2.45) is 5.41 Å². The van der Waals surface area contributed by atoms with Crippen molar-refractivity contribution in [1.29, 1.82) is 0 Å². The maximum Gasteiger partial charge on any atom is 0.228 e. The Morgan fingerprint density at radius 3 is 2.60 bits per heavy atom. The van der Waals surface area contributed by atoms with Gasteiger partial charge < -0.3 is 9.64 Å². The number of hydrogen-bond acceptors (Lipinski definition) is 2. The van der Waals surface area contributed by atoms with E-state index in [4.69, 9.17) is 27.9 Å². The average Bonchev–Trinajstić information content (AvgIpc) is 2.40. The van der Waals surface area contributed by atoms with E-state index in [0.29, 0.717) is 29.7 Å². The lowest BCUT2D eigenvalue weighted by Gasteiger charge is -2.36. The van der Waals surface area contributed by atoms with Crippen LogP contribution in [0.1, 0.15) is 32.4 Å². The number of benzene rings is 1. The highest BCUT2D eigenvalue weighted by Gasteiger charge is 2.32. The molecule has 1 aromatic carbocycles. The van der Waals surface area contributed by atoms with Crippen LogP contribution in [0.15, 0.2) is 18.2 Å². The van der Waals surface area contributed by atoms with Crippen LogP contribution in [0.4, 0.5) is 0 Å². The number of carbonyl (C=O) groups is 1. The van der Waals surface area contributed by atoms with Crippen LogP contribution in [-0.4, -0.2) is 30.5 Å². The van der Waals surface area contributed by atoms with Gasteiger partial charge in [0.05, 0.1) is 23.2 Å². The Morgan fingerprint density at radius 2 is 2.00 bits per heavy atom. The Hall–Kier alpha value is -0.770. The molecule has 1 aliphatic heterocycles. The fraction of sp³-hybridized carbons (Fsp3) is 0.533. The molecule has 1 aliphatic rings. The molecule has 1 fully saturated rings. The third kappa shape index (κ3) is 3.46. The van der Waals surface area contributed by atoms with Gasteiger partial charge in [-0.25, -0.2) is 0 Å². The zero-order valence-corrected chi connectivity index (χ0v) is 13.5. The molecule has 20 heavy (non-hydrogen) atoms. The molecule has 1 atom stereocenters. The van der Waals surface area contributed by atoms with Crippen LogP contribution >= 0.6 is 23.2 Å². The summed E-state index contributed by atoms with van der Waals surface area (Å²) in [6.07, 6.45) is -0.148. The van der Waals surface area contributed by atoms with Gasteiger partial charge in [0.1, 0.15) is 6.10 Å². The lowest BCUT2D eigenvalue weighted by Crippen LogP contribution is -2.46. The van der Waals surface area contributed by atoms with E-state index < -0.39 is 0 Å². The summed E-state index contributed by atoms with van der Waals surface area (Å²) in [6, 6.07) is 5.46. The number of hydrogen-bond donors (Lipinski definition) is 0. The predicted molar refractivity (Wildman–Crippen MR) is 81.2 cm³/mol. The molecule has 110 valence electrons. The van der Waals surface area contributed by atoms with Crippen LogP contribution in [-0.2, 0) is 9.53 Å². The second kappa shape index (κ2) is 5.92. The van der Waals surface area contributed by atoms with Crippen LogP contribution in [0, 0.1) is 5.41 Å². The minimum absolute atomic E-state index is 0.144. The third-order valence-electron chi connectivity index (χ3n) is 3.31. The molecule has 3 nitrogen and oxygen atoms in total. The van der Waals surface area contributed by atoms with Crippen LogP contribution in [0.2, 0.25) is 10.0 Å². The molecule has 1 saturated heterocycles. The maximum atomic E-state index is 12.3. The van der Waals surface area contributed by atoms with Crippen molar-refractivity contribution in [3.63, 3.8) is 0 Å². The molecule has 1 aromatic rings. The first-order valence-electron chi connectivity index (χ1n) is 6.65. The van der Waals surface area contributed by atoms with E-state index in [2.05, 4.69) is 0 Å². The Kier molecular flexibility index (Phi) is 4.62. The summed E-state index contributed by atoms with van der Waals surface area (Å²) in [4.78, 5) is 14.2. The van der Waals surface area contributed by atoms with Crippen molar-refractivity contribution in [1.82, 2.24) is 4.90 Å². The summed E-state index contributed by atoms with van der Waals surface area (Å²) in [5, 5.41) is 1.03. The van der Waals surface area contributed by atoms with Crippen LogP contribution in [0.25, 0.3) is 0 Å². The molecule has 5 heteroatoms. The Morgan fingerprint density at radius 1 is 1.30 bits per heavy atom. The average molecular weight is 316 g/mol. The molecule has 0 aromatic heterocycles. The van der Waals surface area contributed by atoms with Crippen molar-refractivity contribution in [2.75, 3.05) is 19.7 Å². The third-order valence-corrected chi connectivity index (χ3v) is 4.05. The van der Waals surface area contributed by atoms with Crippen LogP contribution in [0.5, 0.6) is 0 Å². The molecule has 0 saturated carbocycles. The van der Waals surface area contributed by atoms with Crippen molar-refractivity contribution in [3.05, 3.63) is 33.8 Å². The summed E-state index contributed by atoms with van der Waals surface area (Å²) < 4.78 is 5.76. The van der Waals surface area contributed by atoms with Gasteiger partial charge in [-0.05, 0) is 17.7 Å². The second-order valence-corrected chi connectivity index (χ2v) is 6.85. The van der Waals surface area contributed by atoms with Crippen molar-refractivity contribution in [2.45, 2.75) is 26.9 Å². The Labute approximate surface area is 129 Å². The van der Waals surface area contributed by atoms with Crippen LogP contribution < -0.4 is 0 Å². The fourth-order valence-corrected chi connectivity index (χ4v) is 2.53. The molecular weight excluding hydrogens is 297 g/mol. The largest absolute Gasteiger partial charge is 0.370 e. The van der Waals surface area contributed by atoms with Crippen molar-refractivity contribution in [3.8, 4) is 0 Å². The minimum Gasteiger partial charge on any atom is -0.370 e. The van der Waals surface area contributed by atoms with Gasteiger partial charge in [0.25, 0.3) is 0 Å². The summed E-state index contributed by atoms with van der Waals surface area (Å²) in [5.74, 6) is 0.144. The monoisotopic (exact) mass is 315 g/mol. The van der Waals surface area contributed by atoms with Gasteiger partial charge in [0.2, 0.25) is 5.91 Å². The molecule has 0 spiro atoms. The number of rotatable bonds is 1. The topological polar surface area (TPSA) is 29.5 Å². The quantitative estimate of drug-likeness (QED) is 0.785. The highest BCUT2D eigenvalue weighted by molar-refractivity contribution is 6.42. The number of carbonyl (C=O) groups excluding carboxylic acids is 1. The lowest BCUT2D eigenvalue weighted by atomic mass is 9.94. The maximum absolute atomic E-state index is 12.3. The Balaban J connectivity index is 2.14. The molecule has 2 rings (SSSR count). The first kappa shape index (κ1) is 15.6. The van der Waals surface area contributed by atoms with E-state index >= 15 is 0 Å². The zero-order valence-electron chi connectivity index (χ0n) is 12.0. The first-order chi connectivity index (χ1) is 9.29. The molecule has 1 heterocycles. The highest BCUT2D eigenvalue weighted by Crippen LogP contribution is 2.30. The Bertz CT molecular complexity index is 511. The van der Waals surface area contributed by atoms with Gasteiger partial charge in [0.15, 0.2) is 0 Å². The molecular formula is C15H19Cl2NO2. The van der Waals surface area contributed by atoms with Crippen molar-refractivity contribution >= 4 is 29.1 Å². The summed E-state index contributed by atoms with van der Waals surface area (Å²) >= 11 is 12.0. The van der Waals surface area contributed by atoms with E-state index in [1.165, 1.54) is 0 Å². The molecule has 1 amide bonds. The standard InChI is InChI=1S/C15H19Cl2NO2/c1-15(2,3)14(19)18-6-7-20-13(9-18)10-4-5-11(16)12(17)8-10/h4-5,8,13H,6-7,9H2,1-3H3. The summed E-state index contributed by atoms with van der Waals surface area (Å²) in [5.41, 5.74) is 0.574.